The summed E-state index contributed by atoms with van der Waals surface area (Å²) in [6, 6.07) is 0. The second-order valence-corrected chi connectivity index (χ2v) is 4.00. The standard InChI is InChI=1S/C10H17N3OS/c1-4-11-6-9-7-15-10(12-9)13(5-2)8(3)14/h7,11H,4-6H2,1-3H3. The summed E-state index contributed by atoms with van der Waals surface area (Å²) >= 11 is 1.51. The molecule has 0 aliphatic carbocycles. The minimum absolute atomic E-state index is 0.0434. The Kier molecular flexibility index (Phi) is 4.71. The Morgan fingerprint density at radius 2 is 2.33 bits per heavy atom. The molecule has 1 rings (SSSR count). The van der Waals surface area contributed by atoms with Crippen LogP contribution in [0.4, 0.5) is 5.13 Å². The first-order valence-corrected chi connectivity index (χ1v) is 6.00. The topological polar surface area (TPSA) is 45.2 Å². The molecule has 15 heavy (non-hydrogen) atoms. The summed E-state index contributed by atoms with van der Waals surface area (Å²) in [7, 11) is 0. The average molecular weight is 227 g/mol. The van der Waals surface area contributed by atoms with Crippen molar-refractivity contribution in [3.8, 4) is 0 Å². The van der Waals surface area contributed by atoms with Crippen molar-refractivity contribution in [3.05, 3.63) is 11.1 Å². The Morgan fingerprint density at radius 3 is 2.87 bits per heavy atom. The average Bonchev–Trinajstić information content (AvgIpc) is 2.64. The zero-order chi connectivity index (χ0) is 11.3. The van der Waals surface area contributed by atoms with E-state index < -0.39 is 0 Å². The highest BCUT2D eigenvalue weighted by atomic mass is 32.1. The molecule has 0 unspecified atom stereocenters. The zero-order valence-electron chi connectivity index (χ0n) is 9.41. The number of nitrogens with zero attached hydrogens (tertiary/aromatic N) is 2. The lowest BCUT2D eigenvalue weighted by molar-refractivity contribution is -0.116. The van der Waals surface area contributed by atoms with E-state index in [4.69, 9.17) is 0 Å². The highest BCUT2D eigenvalue weighted by molar-refractivity contribution is 7.14. The molecular formula is C10H17N3OS. The fourth-order valence-corrected chi connectivity index (χ4v) is 2.18. The van der Waals surface area contributed by atoms with Gasteiger partial charge in [-0.1, -0.05) is 6.92 Å². The smallest absolute Gasteiger partial charge is 0.225 e. The Labute approximate surface area is 94.3 Å². The van der Waals surface area contributed by atoms with Crippen molar-refractivity contribution in [3.63, 3.8) is 0 Å². The van der Waals surface area contributed by atoms with Gasteiger partial charge in [0, 0.05) is 25.4 Å². The molecule has 0 aliphatic rings. The minimum atomic E-state index is 0.0434. The third-order valence-corrected chi connectivity index (χ3v) is 2.94. The molecule has 0 atom stereocenters. The van der Waals surface area contributed by atoms with Crippen LogP contribution in [0.3, 0.4) is 0 Å². The van der Waals surface area contributed by atoms with E-state index in [-0.39, 0.29) is 5.91 Å². The van der Waals surface area contributed by atoms with Crippen molar-refractivity contribution < 1.29 is 4.79 Å². The number of nitrogens with one attached hydrogen (secondary N) is 1. The number of carbonyl (C=O) groups is 1. The van der Waals surface area contributed by atoms with E-state index in [2.05, 4.69) is 17.2 Å². The number of hydrogen-bond acceptors (Lipinski definition) is 4. The van der Waals surface area contributed by atoms with Gasteiger partial charge in [0.1, 0.15) is 0 Å². The lowest BCUT2D eigenvalue weighted by Crippen LogP contribution is -2.27. The van der Waals surface area contributed by atoms with Crippen LogP contribution in [0.1, 0.15) is 26.5 Å². The Balaban J connectivity index is 2.69. The number of rotatable bonds is 5. The summed E-state index contributed by atoms with van der Waals surface area (Å²) in [5.41, 5.74) is 0.997. The first kappa shape index (κ1) is 12.1. The Morgan fingerprint density at radius 1 is 1.60 bits per heavy atom. The highest BCUT2D eigenvalue weighted by Gasteiger charge is 2.12. The van der Waals surface area contributed by atoms with Crippen molar-refractivity contribution >= 4 is 22.4 Å². The summed E-state index contributed by atoms with van der Waals surface area (Å²) in [6.07, 6.45) is 0. The molecule has 0 saturated carbocycles. The molecular weight excluding hydrogens is 210 g/mol. The summed E-state index contributed by atoms with van der Waals surface area (Å²) in [4.78, 5) is 17.4. The largest absolute Gasteiger partial charge is 0.311 e. The summed E-state index contributed by atoms with van der Waals surface area (Å²) in [6.45, 7) is 7.94. The second kappa shape index (κ2) is 5.82. The van der Waals surface area contributed by atoms with Crippen LogP contribution in [0.15, 0.2) is 5.38 Å². The predicted molar refractivity (Wildman–Crippen MR) is 63.2 cm³/mol. The SMILES string of the molecule is CCNCc1csc(N(CC)C(C)=O)n1. The lowest BCUT2D eigenvalue weighted by atomic mass is 10.5. The van der Waals surface area contributed by atoms with Crippen LogP contribution in [0.25, 0.3) is 0 Å². The van der Waals surface area contributed by atoms with Gasteiger partial charge in [-0.2, -0.15) is 0 Å². The number of hydrogen-bond donors (Lipinski definition) is 1. The Hall–Kier alpha value is -0.940. The third kappa shape index (κ3) is 3.28. The van der Waals surface area contributed by atoms with Gasteiger partial charge in [0.2, 0.25) is 5.91 Å². The van der Waals surface area contributed by atoms with Crippen molar-refractivity contribution in [2.75, 3.05) is 18.0 Å². The van der Waals surface area contributed by atoms with E-state index in [1.165, 1.54) is 11.3 Å². The van der Waals surface area contributed by atoms with Crippen molar-refractivity contribution in [1.82, 2.24) is 10.3 Å². The maximum atomic E-state index is 11.3. The minimum Gasteiger partial charge on any atom is -0.311 e. The summed E-state index contributed by atoms with van der Waals surface area (Å²) in [5, 5.41) is 5.98. The molecule has 84 valence electrons. The fraction of sp³-hybridized carbons (Fsp3) is 0.600. The molecule has 4 nitrogen and oxygen atoms in total. The van der Waals surface area contributed by atoms with E-state index in [0.717, 1.165) is 23.9 Å². The number of carbonyl (C=O) groups excluding carboxylic acids is 1. The van der Waals surface area contributed by atoms with E-state index in [1.54, 1.807) is 11.8 Å². The second-order valence-electron chi connectivity index (χ2n) is 3.17. The highest BCUT2D eigenvalue weighted by Crippen LogP contribution is 2.20. The van der Waals surface area contributed by atoms with E-state index >= 15 is 0 Å². The van der Waals surface area contributed by atoms with Crippen LogP contribution in [0, 0.1) is 0 Å². The van der Waals surface area contributed by atoms with Crippen LogP contribution in [-0.2, 0) is 11.3 Å². The van der Waals surface area contributed by atoms with E-state index in [1.807, 2.05) is 12.3 Å². The van der Waals surface area contributed by atoms with Crippen LogP contribution in [-0.4, -0.2) is 24.0 Å². The molecule has 1 heterocycles. The summed E-state index contributed by atoms with van der Waals surface area (Å²) < 4.78 is 0. The quantitative estimate of drug-likeness (QED) is 0.831. The van der Waals surface area contributed by atoms with Gasteiger partial charge in [0.25, 0.3) is 0 Å². The molecule has 0 aliphatic heterocycles. The molecule has 0 saturated heterocycles. The molecule has 1 amide bonds. The van der Waals surface area contributed by atoms with Gasteiger partial charge >= 0.3 is 0 Å². The fourth-order valence-electron chi connectivity index (χ4n) is 1.25. The normalized spacial score (nSPS) is 10.3. The maximum Gasteiger partial charge on any atom is 0.225 e. The van der Waals surface area contributed by atoms with Gasteiger partial charge in [-0.05, 0) is 13.5 Å². The van der Waals surface area contributed by atoms with Crippen LogP contribution in [0.2, 0.25) is 0 Å². The first-order valence-electron chi connectivity index (χ1n) is 5.12. The summed E-state index contributed by atoms with van der Waals surface area (Å²) in [5.74, 6) is 0.0434. The molecule has 0 radical (unpaired) electrons. The number of amides is 1. The van der Waals surface area contributed by atoms with Gasteiger partial charge in [-0.25, -0.2) is 4.98 Å². The van der Waals surface area contributed by atoms with Crippen molar-refractivity contribution in [2.24, 2.45) is 0 Å². The number of aromatic nitrogens is 1. The van der Waals surface area contributed by atoms with Gasteiger partial charge in [-0.3, -0.25) is 9.69 Å². The van der Waals surface area contributed by atoms with Crippen LogP contribution < -0.4 is 10.2 Å². The number of thiazole rings is 1. The van der Waals surface area contributed by atoms with Crippen LogP contribution >= 0.6 is 11.3 Å². The molecule has 5 heteroatoms. The van der Waals surface area contributed by atoms with E-state index in [0.29, 0.717) is 6.54 Å². The van der Waals surface area contributed by atoms with Crippen LogP contribution in [0.5, 0.6) is 0 Å². The number of anilines is 1. The van der Waals surface area contributed by atoms with Gasteiger partial charge in [-0.15, -0.1) is 11.3 Å². The third-order valence-electron chi connectivity index (χ3n) is 2.02. The molecule has 0 fully saturated rings. The first-order chi connectivity index (χ1) is 7.19. The molecule has 0 bridgehead atoms. The van der Waals surface area contributed by atoms with Gasteiger partial charge in [0.15, 0.2) is 5.13 Å². The van der Waals surface area contributed by atoms with Gasteiger partial charge < -0.3 is 5.32 Å². The zero-order valence-corrected chi connectivity index (χ0v) is 10.2. The van der Waals surface area contributed by atoms with Crippen molar-refractivity contribution in [2.45, 2.75) is 27.3 Å². The van der Waals surface area contributed by atoms with Crippen molar-refractivity contribution in [1.29, 1.82) is 0 Å². The molecule has 0 spiro atoms. The molecule has 1 aromatic heterocycles. The molecule has 0 aromatic carbocycles. The monoisotopic (exact) mass is 227 g/mol. The Bertz CT molecular complexity index is 324. The maximum absolute atomic E-state index is 11.3. The lowest BCUT2D eigenvalue weighted by Gasteiger charge is -2.14. The predicted octanol–water partition coefficient (Wildman–Crippen LogP) is 1.63. The van der Waals surface area contributed by atoms with Gasteiger partial charge in [0.05, 0.1) is 5.69 Å². The molecule has 1 N–H and O–H groups in total. The van der Waals surface area contributed by atoms with E-state index in [9.17, 15) is 4.79 Å². The molecule has 1 aromatic rings.